The Bertz CT molecular complexity index is 383. The fourth-order valence-electron chi connectivity index (χ4n) is 0.933. The number of benzene rings is 1. The first-order valence-electron chi connectivity index (χ1n) is 3.87. The normalized spacial score (nSPS) is 15.1. The summed E-state index contributed by atoms with van der Waals surface area (Å²) in [5, 5.41) is 1.67. The van der Waals surface area contributed by atoms with Gasteiger partial charge in [0.05, 0.1) is 11.6 Å². The molecule has 0 N–H and O–H groups in total. The molecule has 0 aliphatic heterocycles. The molecular formula is C8H8Cl3OPS. The van der Waals surface area contributed by atoms with Crippen molar-refractivity contribution in [2.24, 2.45) is 0 Å². The molecule has 14 heavy (non-hydrogen) atoms. The van der Waals surface area contributed by atoms with Crippen molar-refractivity contribution in [1.82, 2.24) is 0 Å². The Kier molecular flexibility index (Phi) is 4.70. The minimum Gasteiger partial charge on any atom is -0.335 e. The molecule has 1 atom stereocenters. The van der Waals surface area contributed by atoms with Crippen molar-refractivity contribution in [3.05, 3.63) is 28.2 Å². The van der Waals surface area contributed by atoms with Crippen LogP contribution in [0.5, 0.6) is 0 Å². The average Bonchev–Trinajstić information content (AvgIpc) is 2.02. The van der Waals surface area contributed by atoms with E-state index in [0.29, 0.717) is 22.0 Å². The SMILES string of the molecule is CCOP(=S)(Cl)c1ccc(Cl)cc1Cl. The van der Waals surface area contributed by atoms with Gasteiger partial charge in [-0.15, -0.1) is 0 Å². The maximum Gasteiger partial charge on any atom is 0.182 e. The molecule has 78 valence electrons. The molecule has 0 heterocycles. The third-order valence-corrected chi connectivity index (χ3v) is 5.47. The van der Waals surface area contributed by atoms with Crippen molar-refractivity contribution in [2.45, 2.75) is 6.92 Å². The Balaban J connectivity index is 3.13. The van der Waals surface area contributed by atoms with Crippen molar-refractivity contribution in [1.29, 1.82) is 0 Å². The minimum absolute atomic E-state index is 0.462. The molecular weight excluding hydrogens is 281 g/mol. The number of hydrogen-bond acceptors (Lipinski definition) is 2. The first-order chi connectivity index (χ1) is 6.47. The molecule has 0 bridgehead atoms. The molecule has 6 heteroatoms. The lowest BCUT2D eigenvalue weighted by molar-refractivity contribution is 0.389. The maximum absolute atomic E-state index is 6.10. The Morgan fingerprint density at radius 1 is 1.43 bits per heavy atom. The topological polar surface area (TPSA) is 9.23 Å². The first kappa shape index (κ1) is 12.8. The van der Waals surface area contributed by atoms with E-state index in [4.69, 9.17) is 50.8 Å². The fraction of sp³-hybridized carbons (Fsp3) is 0.250. The van der Waals surface area contributed by atoms with E-state index < -0.39 is 5.62 Å². The van der Waals surface area contributed by atoms with Gasteiger partial charge in [0.15, 0.2) is 5.62 Å². The minimum atomic E-state index is -2.49. The van der Waals surface area contributed by atoms with Crippen LogP contribution in [0.25, 0.3) is 0 Å². The second-order valence-corrected chi connectivity index (χ2v) is 8.61. The Morgan fingerprint density at radius 2 is 2.07 bits per heavy atom. The molecule has 1 aromatic carbocycles. The lowest BCUT2D eigenvalue weighted by Crippen LogP contribution is -2.04. The van der Waals surface area contributed by atoms with Crippen LogP contribution in [0.2, 0.25) is 10.0 Å². The molecule has 1 rings (SSSR count). The Hall–Kier alpha value is 0.700. The van der Waals surface area contributed by atoms with E-state index in [1.165, 1.54) is 0 Å². The second kappa shape index (κ2) is 5.16. The van der Waals surface area contributed by atoms with E-state index >= 15 is 0 Å². The van der Waals surface area contributed by atoms with Crippen molar-refractivity contribution in [3.8, 4) is 0 Å². The zero-order valence-electron chi connectivity index (χ0n) is 7.34. The highest BCUT2D eigenvalue weighted by Gasteiger charge is 2.19. The molecule has 0 amide bonds. The molecule has 0 fully saturated rings. The van der Waals surface area contributed by atoms with Crippen LogP contribution >= 0.6 is 40.1 Å². The highest BCUT2D eigenvalue weighted by Crippen LogP contribution is 2.53. The molecule has 1 aromatic rings. The van der Waals surface area contributed by atoms with Crippen LogP contribution in [-0.2, 0) is 16.3 Å². The first-order valence-corrected chi connectivity index (χ1v) is 8.25. The summed E-state index contributed by atoms with van der Waals surface area (Å²) in [5.74, 6) is 0. The lowest BCUT2D eigenvalue weighted by atomic mass is 10.4. The van der Waals surface area contributed by atoms with Gasteiger partial charge in [-0.25, -0.2) is 0 Å². The van der Waals surface area contributed by atoms with Crippen molar-refractivity contribution >= 4 is 57.2 Å². The van der Waals surface area contributed by atoms with Gasteiger partial charge in [0.1, 0.15) is 0 Å². The van der Waals surface area contributed by atoms with Gasteiger partial charge in [-0.3, -0.25) is 0 Å². The van der Waals surface area contributed by atoms with Gasteiger partial charge in [0, 0.05) is 10.3 Å². The van der Waals surface area contributed by atoms with Crippen LogP contribution in [0.1, 0.15) is 6.92 Å². The standard InChI is InChI=1S/C8H8Cl3OPS/c1-2-12-13(11,14)8-4-3-6(9)5-7(8)10/h3-5H,2H2,1H3. The van der Waals surface area contributed by atoms with E-state index in [0.717, 1.165) is 0 Å². The van der Waals surface area contributed by atoms with Crippen LogP contribution in [-0.4, -0.2) is 6.61 Å². The second-order valence-electron chi connectivity index (χ2n) is 2.49. The largest absolute Gasteiger partial charge is 0.335 e. The quantitative estimate of drug-likeness (QED) is 0.771. The highest BCUT2D eigenvalue weighted by molar-refractivity contribution is 8.28. The maximum atomic E-state index is 6.10. The fourth-order valence-corrected chi connectivity index (χ4v) is 4.55. The van der Waals surface area contributed by atoms with E-state index in [-0.39, 0.29) is 0 Å². The average molecular weight is 290 g/mol. The van der Waals surface area contributed by atoms with Gasteiger partial charge in [-0.05, 0) is 36.9 Å². The predicted molar refractivity (Wildman–Crippen MR) is 67.9 cm³/mol. The zero-order valence-corrected chi connectivity index (χ0v) is 11.3. The zero-order chi connectivity index (χ0) is 10.8. The molecule has 0 saturated heterocycles. The summed E-state index contributed by atoms with van der Waals surface area (Å²) in [4.78, 5) is 0. The van der Waals surface area contributed by atoms with Gasteiger partial charge >= 0.3 is 0 Å². The third kappa shape index (κ3) is 3.10. The van der Waals surface area contributed by atoms with E-state index in [1.807, 2.05) is 6.92 Å². The molecule has 1 unspecified atom stereocenters. The lowest BCUT2D eigenvalue weighted by Gasteiger charge is -2.15. The smallest absolute Gasteiger partial charge is 0.182 e. The number of halogens is 3. The molecule has 0 aliphatic rings. The molecule has 1 nitrogen and oxygen atoms in total. The van der Waals surface area contributed by atoms with Crippen LogP contribution in [0.4, 0.5) is 0 Å². The monoisotopic (exact) mass is 288 g/mol. The highest BCUT2D eigenvalue weighted by atomic mass is 35.7. The third-order valence-electron chi connectivity index (χ3n) is 1.49. The molecule has 0 aromatic heterocycles. The van der Waals surface area contributed by atoms with Crippen LogP contribution in [0.3, 0.4) is 0 Å². The Morgan fingerprint density at radius 3 is 2.57 bits per heavy atom. The Labute approximate surface area is 103 Å². The number of hydrogen-bond donors (Lipinski definition) is 0. The summed E-state index contributed by atoms with van der Waals surface area (Å²) < 4.78 is 5.30. The summed E-state index contributed by atoms with van der Waals surface area (Å²) in [6.45, 7) is 2.31. The molecule has 0 aliphatic carbocycles. The molecule has 0 saturated carbocycles. The van der Waals surface area contributed by atoms with Gasteiger partial charge in [0.25, 0.3) is 0 Å². The molecule has 0 spiro atoms. The summed E-state index contributed by atoms with van der Waals surface area (Å²) in [6, 6.07) is 5.03. The van der Waals surface area contributed by atoms with Gasteiger partial charge in [-0.1, -0.05) is 34.4 Å². The molecule has 0 radical (unpaired) electrons. The summed E-state index contributed by atoms with van der Waals surface area (Å²) >= 11 is 23.0. The van der Waals surface area contributed by atoms with Gasteiger partial charge in [-0.2, -0.15) is 0 Å². The van der Waals surface area contributed by atoms with Crippen LogP contribution in [0.15, 0.2) is 18.2 Å². The summed E-state index contributed by atoms with van der Waals surface area (Å²) in [7, 11) is 0. The summed E-state index contributed by atoms with van der Waals surface area (Å²) in [5.41, 5.74) is -2.49. The number of rotatable bonds is 3. The predicted octanol–water partition coefficient (Wildman–Crippen LogP) is 4.20. The van der Waals surface area contributed by atoms with Crippen molar-refractivity contribution in [3.63, 3.8) is 0 Å². The van der Waals surface area contributed by atoms with E-state index in [9.17, 15) is 0 Å². The van der Waals surface area contributed by atoms with E-state index in [2.05, 4.69) is 0 Å². The van der Waals surface area contributed by atoms with Gasteiger partial charge in [0.2, 0.25) is 0 Å². The van der Waals surface area contributed by atoms with Gasteiger partial charge < -0.3 is 4.52 Å². The van der Waals surface area contributed by atoms with Crippen LogP contribution < -0.4 is 5.30 Å². The van der Waals surface area contributed by atoms with Crippen molar-refractivity contribution in [2.75, 3.05) is 6.61 Å². The van der Waals surface area contributed by atoms with E-state index in [1.54, 1.807) is 18.2 Å². The summed E-state index contributed by atoms with van der Waals surface area (Å²) in [6.07, 6.45) is 0. The van der Waals surface area contributed by atoms with Crippen molar-refractivity contribution < 1.29 is 4.52 Å². The van der Waals surface area contributed by atoms with Crippen LogP contribution in [0, 0.1) is 0 Å².